The van der Waals surface area contributed by atoms with E-state index < -0.39 is 0 Å². The summed E-state index contributed by atoms with van der Waals surface area (Å²) in [5.74, 6) is 0. The molecule has 0 unspecified atom stereocenters. The summed E-state index contributed by atoms with van der Waals surface area (Å²) in [6.07, 6.45) is 0. The summed E-state index contributed by atoms with van der Waals surface area (Å²) < 4.78 is 0. The van der Waals surface area contributed by atoms with Crippen LogP contribution in [-0.2, 0) is 5.41 Å². The van der Waals surface area contributed by atoms with E-state index in [-0.39, 0.29) is 5.41 Å². The first-order valence-corrected chi connectivity index (χ1v) is 9.63. The number of benzene rings is 4. The molecule has 0 saturated heterocycles. The van der Waals surface area contributed by atoms with Gasteiger partial charge in [-0.15, -0.1) is 0 Å². The highest BCUT2D eigenvalue weighted by molar-refractivity contribution is 5.95. The van der Waals surface area contributed by atoms with Gasteiger partial charge in [0.2, 0.25) is 0 Å². The summed E-state index contributed by atoms with van der Waals surface area (Å²) >= 11 is 0. The summed E-state index contributed by atoms with van der Waals surface area (Å²) in [6.45, 7) is 4.41. The van der Waals surface area contributed by atoms with E-state index in [1.807, 2.05) is 0 Å². The van der Waals surface area contributed by atoms with Crippen molar-refractivity contribution < 1.29 is 0 Å². The molecule has 27 heavy (non-hydrogen) atoms. The fraction of sp³-hybridized carbons (Fsp3) is 0.111. The smallest absolute Gasteiger partial charge is 0.0619 e. The van der Waals surface area contributed by atoms with Gasteiger partial charge >= 0.3 is 0 Å². The second kappa shape index (κ2) is 4.98. The van der Waals surface area contributed by atoms with E-state index in [2.05, 4.69) is 98.8 Å². The predicted octanol–water partition coefficient (Wildman–Crippen LogP) is 6.65. The lowest BCUT2D eigenvalue weighted by atomic mass is 9.70. The summed E-state index contributed by atoms with van der Waals surface area (Å²) in [7, 11) is 0. The molecule has 0 N–H and O–H groups in total. The first kappa shape index (κ1) is 15.0. The van der Waals surface area contributed by atoms with Crippen LogP contribution in [-0.4, -0.2) is 0 Å². The molecule has 2 aliphatic carbocycles. The van der Waals surface area contributed by atoms with Crippen molar-refractivity contribution >= 4 is 0 Å². The van der Waals surface area contributed by atoms with Crippen LogP contribution in [0, 0.1) is 13.8 Å². The van der Waals surface area contributed by atoms with Crippen molar-refractivity contribution in [1.29, 1.82) is 0 Å². The van der Waals surface area contributed by atoms with E-state index in [0.29, 0.717) is 0 Å². The van der Waals surface area contributed by atoms with E-state index in [1.165, 1.54) is 55.6 Å². The van der Waals surface area contributed by atoms with Crippen molar-refractivity contribution in [2.24, 2.45) is 0 Å². The molecular weight excluding hydrogens is 324 g/mol. The Morgan fingerprint density at radius 1 is 0.444 bits per heavy atom. The van der Waals surface area contributed by atoms with Gasteiger partial charge in [0.15, 0.2) is 0 Å². The zero-order valence-electron chi connectivity index (χ0n) is 15.6. The molecule has 0 atom stereocenters. The predicted molar refractivity (Wildman–Crippen MR) is 112 cm³/mol. The van der Waals surface area contributed by atoms with Crippen LogP contribution in [0.1, 0.15) is 33.4 Å². The summed E-state index contributed by atoms with van der Waals surface area (Å²) in [4.78, 5) is 0. The maximum absolute atomic E-state index is 2.41. The van der Waals surface area contributed by atoms with Gasteiger partial charge < -0.3 is 0 Å². The Morgan fingerprint density at radius 2 is 0.852 bits per heavy atom. The maximum atomic E-state index is 2.41. The van der Waals surface area contributed by atoms with Crippen LogP contribution >= 0.6 is 0 Å². The molecule has 0 radical (unpaired) electrons. The first-order chi connectivity index (χ1) is 13.2. The summed E-state index contributed by atoms with van der Waals surface area (Å²) in [5, 5.41) is 0. The van der Waals surface area contributed by atoms with Crippen molar-refractivity contribution in [2.75, 3.05) is 0 Å². The van der Waals surface area contributed by atoms with Crippen molar-refractivity contribution in [1.82, 2.24) is 0 Å². The van der Waals surface area contributed by atoms with E-state index >= 15 is 0 Å². The van der Waals surface area contributed by atoms with Gasteiger partial charge in [0, 0.05) is 0 Å². The van der Waals surface area contributed by atoms with E-state index in [9.17, 15) is 0 Å². The van der Waals surface area contributed by atoms with Gasteiger partial charge in [0.25, 0.3) is 0 Å². The summed E-state index contributed by atoms with van der Waals surface area (Å²) in [6, 6.07) is 31.9. The maximum Gasteiger partial charge on any atom is 0.0725 e. The van der Waals surface area contributed by atoms with Crippen molar-refractivity contribution in [2.45, 2.75) is 19.3 Å². The topological polar surface area (TPSA) is 0 Å². The zero-order chi connectivity index (χ0) is 18.2. The molecule has 6 rings (SSSR count). The van der Waals surface area contributed by atoms with Crippen LogP contribution in [0.3, 0.4) is 0 Å². The highest BCUT2D eigenvalue weighted by atomic mass is 14.5. The third kappa shape index (κ3) is 1.69. The Kier molecular flexibility index (Phi) is 2.77. The van der Waals surface area contributed by atoms with Gasteiger partial charge in [-0.1, -0.05) is 96.1 Å². The molecule has 2 aliphatic rings. The molecular formula is C27H20. The van der Waals surface area contributed by atoms with E-state index in [0.717, 1.165) is 0 Å². The molecule has 0 aliphatic heterocycles. The molecule has 0 saturated carbocycles. The molecule has 0 aromatic heterocycles. The Balaban J connectivity index is 1.88. The number of fused-ring (bicyclic) bond motifs is 10. The van der Waals surface area contributed by atoms with Crippen LogP contribution in [0.5, 0.6) is 0 Å². The van der Waals surface area contributed by atoms with Crippen molar-refractivity contribution in [3.8, 4) is 22.3 Å². The Hall–Kier alpha value is -3.12. The lowest BCUT2D eigenvalue weighted by molar-refractivity contribution is 0.791. The molecule has 0 nitrogen and oxygen atoms in total. The first-order valence-electron chi connectivity index (χ1n) is 9.63. The van der Waals surface area contributed by atoms with Crippen LogP contribution in [0.2, 0.25) is 0 Å². The third-order valence-electron chi connectivity index (χ3n) is 6.40. The number of aryl methyl sites for hydroxylation is 2. The minimum Gasteiger partial charge on any atom is -0.0619 e. The second-order valence-corrected chi connectivity index (χ2v) is 7.94. The number of hydrogen-bond donors (Lipinski definition) is 0. The average molecular weight is 344 g/mol. The number of hydrogen-bond acceptors (Lipinski definition) is 0. The van der Waals surface area contributed by atoms with Crippen molar-refractivity contribution in [3.05, 3.63) is 118 Å². The third-order valence-corrected chi connectivity index (χ3v) is 6.40. The lowest BCUT2D eigenvalue weighted by Crippen LogP contribution is -2.26. The lowest BCUT2D eigenvalue weighted by Gasteiger charge is -2.30. The minimum absolute atomic E-state index is 0.199. The fourth-order valence-electron chi connectivity index (χ4n) is 5.37. The van der Waals surface area contributed by atoms with Crippen LogP contribution in [0.25, 0.3) is 22.3 Å². The quantitative estimate of drug-likeness (QED) is 0.289. The molecule has 0 fully saturated rings. The summed E-state index contributed by atoms with van der Waals surface area (Å²) in [5.41, 5.74) is 13.6. The normalized spacial score (nSPS) is 14.6. The molecule has 4 aromatic rings. The Bertz CT molecular complexity index is 1140. The molecule has 1 spiro atoms. The van der Waals surface area contributed by atoms with E-state index in [4.69, 9.17) is 0 Å². The highest BCUT2D eigenvalue weighted by Crippen LogP contribution is 2.62. The van der Waals surface area contributed by atoms with Crippen LogP contribution < -0.4 is 0 Å². The molecule has 128 valence electrons. The monoisotopic (exact) mass is 344 g/mol. The van der Waals surface area contributed by atoms with Crippen molar-refractivity contribution in [3.63, 3.8) is 0 Å². The number of rotatable bonds is 0. The van der Waals surface area contributed by atoms with Gasteiger partial charge in [-0.3, -0.25) is 0 Å². The van der Waals surface area contributed by atoms with Gasteiger partial charge in [0.1, 0.15) is 0 Å². The molecule has 0 heterocycles. The highest BCUT2D eigenvalue weighted by Gasteiger charge is 2.51. The Morgan fingerprint density at radius 3 is 1.33 bits per heavy atom. The van der Waals surface area contributed by atoms with E-state index in [1.54, 1.807) is 0 Å². The average Bonchev–Trinajstić information content (AvgIpc) is 3.14. The SMILES string of the molecule is Cc1ccc2c(c1)C1(c3ccccc3-c3ccccc31)c1cc(C)ccc1-2. The van der Waals surface area contributed by atoms with Gasteiger partial charge in [-0.05, 0) is 58.4 Å². The second-order valence-electron chi connectivity index (χ2n) is 7.94. The standard InChI is InChI=1S/C27H20/c1-17-11-13-21-22-14-12-18(2)16-26(22)27(25(21)15-17)23-9-5-3-7-19(23)20-8-4-6-10-24(20)27/h3-16H,1-2H3. The molecule has 0 amide bonds. The van der Waals surface area contributed by atoms with Gasteiger partial charge in [-0.25, -0.2) is 0 Å². The van der Waals surface area contributed by atoms with Crippen LogP contribution in [0.15, 0.2) is 84.9 Å². The van der Waals surface area contributed by atoms with Crippen LogP contribution in [0.4, 0.5) is 0 Å². The zero-order valence-corrected chi connectivity index (χ0v) is 15.6. The largest absolute Gasteiger partial charge is 0.0725 e. The molecule has 0 bridgehead atoms. The fourth-order valence-corrected chi connectivity index (χ4v) is 5.37. The minimum atomic E-state index is -0.199. The Labute approximate surface area is 160 Å². The van der Waals surface area contributed by atoms with Gasteiger partial charge in [-0.2, -0.15) is 0 Å². The molecule has 0 heteroatoms. The molecule has 4 aromatic carbocycles. The van der Waals surface area contributed by atoms with Gasteiger partial charge in [0.05, 0.1) is 5.41 Å².